The Balaban J connectivity index is 2.31. The summed E-state index contributed by atoms with van der Waals surface area (Å²) in [4.78, 5) is 4.03. The molecular formula is C12H7IN2O. The minimum atomic E-state index is 0.340. The fourth-order valence-electron chi connectivity index (χ4n) is 1.20. The Hall–Kier alpha value is -1.61. The summed E-state index contributed by atoms with van der Waals surface area (Å²) in [6.45, 7) is 0. The Morgan fingerprint density at radius 1 is 1.25 bits per heavy atom. The fourth-order valence-corrected chi connectivity index (χ4v) is 1.71. The molecule has 0 aliphatic rings. The highest BCUT2D eigenvalue weighted by Crippen LogP contribution is 2.23. The summed E-state index contributed by atoms with van der Waals surface area (Å²) >= 11 is 2.20. The minimum Gasteiger partial charge on any atom is -0.438 e. The van der Waals surface area contributed by atoms with Gasteiger partial charge in [0, 0.05) is 9.77 Å². The maximum Gasteiger partial charge on any atom is 0.237 e. The van der Waals surface area contributed by atoms with E-state index in [2.05, 4.69) is 27.6 Å². The summed E-state index contributed by atoms with van der Waals surface area (Å²) in [6.07, 6.45) is 1.60. The lowest BCUT2D eigenvalue weighted by Crippen LogP contribution is -1.91. The number of halogens is 1. The number of aromatic nitrogens is 1. The zero-order valence-electron chi connectivity index (χ0n) is 8.22. The van der Waals surface area contributed by atoms with Gasteiger partial charge in [-0.25, -0.2) is 4.98 Å². The molecule has 2 aromatic rings. The molecule has 1 aromatic carbocycles. The summed E-state index contributed by atoms with van der Waals surface area (Å²) in [5.74, 6) is 1.02. The third-order valence-corrected chi connectivity index (χ3v) is 2.57. The van der Waals surface area contributed by atoms with Crippen molar-refractivity contribution in [2.75, 3.05) is 0 Å². The van der Waals surface area contributed by atoms with Crippen LogP contribution < -0.4 is 4.74 Å². The van der Waals surface area contributed by atoms with E-state index in [0.29, 0.717) is 17.2 Å². The molecule has 0 radical (unpaired) electrons. The smallest absolute Gasteiger partial charge is 0.237 e. The van der Waals surface area contributed by atoms with Crippen molar-refractivity contribution in [2.24, 2.45) is 0 Å². The van der Waals surface area contributed by atoms with Crippen LogP contribution in [-0.4, -0.2) is 4.98 Å². The summed E-state index contributed by atoms with van der Waals surface area (Å²) in [5, 5.41) is 8.88. The van der Waals surface area contributed by atoms with E-state index in [1.807, 2.05) is 30.3 Å². The first kappa shape index (κ1) is 10.9. The molecule has 0 aliphatic heterocycles. The Morgan fingerprint density at radius 3 is 2.88 bits per heavy atom. The highest BCUT2D eigenvalue weighted by atomic mass is 127. The second-order valence-electron chi connectivity index (χ2n) is 3.03. The fraction of sp³-hybridized carbons (Fsp3) is 0. The molecule has 16 heavy (non-hydrogen) atoms. The molecule has 0 N–H and O–H groups in total. The third-order valence-electron chi connectivity index (χ3n) is 1.90. The van der Waals surface area contributed by atoms with Crippen molar-refractivity contribution < 1.29 is 4.74 Å². The lowest BCUT2D eigenvalue weighted by molar-refractivity contribution is 0.461. The molecule has 0 saturated heterocycles. The van der Waals surface area contributed by atoms with Crippen LogP contribution in [0.15, 0.2) is 42.6 Å². The molecule has 0 saturated carbocycles. The Labute approximate surface area is 107 Å². The van der Waals surface area contributed by atoms with Crippen LogP contribution >= 0.6 is 22.6 Å². The standard InChI is InChI=1S/C12H7IN2O/c13-10-4-1-5-11(7-10)16-12-9(8-14)3-2-6-15-12/h1-7H. The van der Waals surface area contributed by atoms with Crippen LogP contribution in [0.3, 0.4) is 0 Å². The van der Waals surface area contributed by atoms with Crippen LogP contribution in [-0.2, 0) is 0 Å². The zero-order chi connectivity index (χ0) is 11.4. The molecule has 0 atom stereocenters. The van der Waals surface area contributed by atoms with E-state index in [4.69, 9.17) is 10.00 Å². The van der Waals surface area contributed by atoms with Crippen molar-refractivity contribution in [1.82, 2.24) is 4.98 Å². The Bertz CT molecular complexity index is 549. The molecule has 78 valence electrons. The first-order valence-corrected chi connectivity index (χ1v) is 5.66. The number of hydrogen-bond donors (Lipinski definition) is 0. The molecule has 0 spiro atoms. The van der Waals surface area contributed by atoms with Gasteiger partial charge >= 0.3 is 0 Å². The number of pyridine rings is 1. The van der Waals surface area contributed by atoms with Gasteiger partial charge < -0.3 is 4.74 Å². The predicted molar refractivity (Wildman–Crippen MR) is 68.2 cm³/mol. The number of nitrogens with zero attached hydrogens (tertiary/aromatic N) is 2. The molecule has 0 amide bonds. The molecule has 0 unspecified atom stereocenters. The van der Waals surface area contributed by atoms with E-state index in [9.17, 15) is 0 Å². The maximum atomic E-state index is 8.88. The zero-order valence-corrected chi connectivity index (χ0v) is 10.4. The summed E-state index contributed by atoms with van der Waals surface area (Å²) in [6, 6.07) is 13.0. The summed E-state index contributed by atoms with van der Waals surface area (Å²) in [5.41, 5.74) is 0.432. The van der Waals surface area contributed by atoms with Crippen LogP contribution in [0.4, 0.5) is 0 Å². The van der Waals surface area contributed by atoms with Gasteiger partial charge in [0.25, 0.3) is 0 Å². The number of rotatable bonds is 2. The molecule has 3 nitrogen and oxygen atoms in total. The van der Waals surface area contributed by atoms with E-state index in [1.165, 1.54) is 0 Å². The van der Waals surface area contributed by atoms with Gasteiger partial charge in [-0.1, -0.05) is 6.07 Å². The van der Waals surface area contributed by atoms with Crippen LogP contribution in [0.5, 0.6) is 11.6 Å². The molecule has 1 heterocycles. The first-order valence-electron chi connectivity index (χ1n) is 4.58. The topological polar surface area (TPSA) is 45.9 Å². The molecular weight excluding hydrogens is 315 g/mol. The second-order valence-corrected chi connectivity index (χ2v) is 4.27. The molecule has 4 heteroatoms. The van der Waals surface area contributed by atoms with E-state index in [-0.39, 0.29) is 0 Å². The first-order chi connectivity index (χ1) is 7.79. The quantitative estimate of drug-likeness (QED) is 0.797. The lowest BCUT2D eigenvalue weighted by atomic mass is 10.3. The van der Waals surface area contributed by atoms with Crippen molar-refractivity contribution >= 4 is 22.6 Å². The average Bonchev–Trinajstić information content (AvgIpc) is 2.30. The summed E-state index contributed by atoms with van der Waals surface area (Å²) in [7, 11) is 0. The highest BCUT2D eigenvalue weighted by molar-refractivity contribution is 14.1. The average molecular weight is 322 g/mol. The van der Waals surface area contributed by atoms with E-state index in [1.54, 1.807) is 18.3 Å². The van der Waals surface area contributed by atoms with Crippen molar-refractivity contribution in [3.05, 3.63) is 51.7 Å². The van der Waals surface area contributed by atoms with Crippen molar-refractivity contribution in [2.45, 2.75) is 0 Å². The third kappa shape index (κ3) is 2.49. The van der Waals surface area contributed by atoms with Crippen molar-refractivity contribution in [1.29, 1.82) is 5.26 Å². The lowest BCUT2D eigenvalue weighted by Gasteiger charge is -2.05. The van der Waals surface area contributed by atoms with Gasteiger partial charge in [0.15, 0.2) is 0 Å². The van der Waals surface area contributed by atoms with Gasteiger partial charge in [-0.15, -0.1) is 0 Å². The number of ether oxygens (including phenoxy) is 1. The second kappa shape index (κ2) is 4.94. The Morgan fingerprint density at radius 2 is 2.12 bits per heavy atom. The number of benzene rings is 1. The number of nitriles is 1. The molecule has 1 aromatic heterocycles. The van der Waals surface area contributed by atoms with Crippen LogP contribution in [0, 0.1) is 14.9 Å². The molecule has 2 rings (SSSR count). The van der Waals surface area contributed by atoms with Crippen molar-refractivity contribution in [3.8, 4) is 17.7 Å². The SMILES string of the molecule is N#Cc1cccnc1Oc1cccc(I)c1. The van der Waals surface area contributed by atoms with Gasteiger partial charge in [0.2, 0.25) is 5.88 Å². The largest absolute Gasteiger partial charge is 0.438 e. The Kier molecular flexibility index (Phi) is 3.37. The van der Waals surface area contributed by atoms with Crippen LogP contribution in [0.25, 0.3) is 0 Å². The van der Waals surface area contributed by atoms with Gasteiger partial charge in [-0.05, 0) is 52.9 Å². The van der Waals surface area contributed by atoms with E-state index in [0.717, 1.165) is 3.57 Å². The summed E-state index contributed by atoms with van der Waals surface area (Å²) < 4.78 is 6.62. The van der Waals surface area contributed by atoms with Gasteiger partial charge in [0.05, 0.1) is 0 Å². The molecule has 0 bridgehead atoms. The predicted octanol–water partition coefficient (Wildman–Crippen LogP) is 3.35. The number of hydrogen-bond acceptors (Lipinski definition) is 3. The van der Waals surface area contributed by atoms with Gasteiger partial charge in [-0.3, -0.25) is 0 Å². The van der Waals surface area contributed by atoms with Gasteiger partial charge in [0.1, 0.15) is 17.4 Å². The normalized spacial score (nSPS) is 9.50. The molecule has 0 fully saturated rings. The van der Waals surface area contributed by atoms with Gasteiger partial charge in [-0.2, -0.15) is 5.26 Å². The monoisotopic (exact) mass is 322 g/mol. The minimum absolute atomic E-state index is 0.340. The van der Waals surface area contributed by atoms with Crippen LogP contribution in [0.1, 0.15) is 5.56 Å². The maximum absolute atomic E-state index is 8.88. The highest BCUT2D eigenvalue weighted by Gasteiger charge is 2.04. The van der Waals surface area contributed by atoms with Crippen LogP contribution in [0.2, 0.25) is 0 Å². The van der Waals surface area contributed by atoms with Crippen molar-refractivity contribution in [3.63, 3.8) is 0 Å². The van der Waals surface area contributed by atoms with E-state index < -0.39 is 0 Å². The van der Waals surface area contributed by atoms with E-state index >= 15 is 0 Å². The molecule has 0 aliphatic carbocycles.